The monoisotopic (exact) mass is 244 g/mol. The van der Waals surface area contributed by atoms with E-state index in [0.717, 1.165) is 29.2 Å². The fourth-order valence-electron chi connectivity index (χ4n) is 2.34. The predicted molar refractivity (Wildman–Crippen MR) is 73.4 cm³/mol. The molecule has 0 radical (unpaired) electrons. The van der Waals surface area contributed by atoms with Gasteiger partial charge in [0.25, 0.3) is 0 Å². The topological polar surface area (TPSA) is 51.2 Å². The van der Waals surface area contributed by atoms with E-state index in [1.165, 1.54) is 19.3 Å². The van der Waals surface area contributed by atoms with Crippen LogP contribution in [0.1, 0.15) is 31.1 Å². The van der Waals surface area contributed by atoms with Gasteiger partial charge in [-0.15, -0.1) is 0 Å². The van der Waals surface area contributed by atoms with Crippen LogP contribution >= 0.6 is 0 Å². The molecule has 1 saturated carbocycles. The number of furan rings is 1. The van der Waals surface area contributed by atoms with Gasteiger partial charge in [0, 0.05) is 11.9 Å². The summed E-state index contributed by atoms with van der Waals surface area (Å²) < 4.78 is 5.85. The van der Waals surface area contributed by atoms with Gasteiger partial charge in [0.15, 0.2) is 0 Å². The molecule has 3 N–H and O–H groups in total. The van der Waals surface area contributed by atoms with Gasteiger partial charge in [0.2, 0.25) is 0 Å². The van der Waals surface area contributed by atoms with Crippen LogP contribution in [-0.4, -0.2) is 13.1 Å². The van der Waals surface area contributed by atoms with Crippen molar-refractivity contribution in [2.75, 3.05) is 13.1 Å². The number of benzene rings is 1. The predicted octanol–water partition coefficient (Wildman–Crippen LogP) is 2.82. The quantitative estimate of drug-likeness (QED) is 0.821. The summed E-state index contributed by atoms with van der Waals surface area (Å²) >= 11 is 0. The lowest BCUT2D eigenvalue weighted by Gasteiger charge is -2.13. The van der Waals surface area contributed by atoms with Crippen molar-refractivity contribution < 1.29 is 4.42 Å². The Morgan fingerprint density at radius 3 is 2.89 bits per heavy atom. The normalized spacial score (nSPS) is 17.2. The molecule has 1 aromatic heterocycles. The van der Waals surface area contributed by atoms with Gasteiger partial charge in [-0.3, -0.25) is 0 Å². The summed E-state index contributed by atoms with van der Waals surface area (Å²) in [7, 11) is 0. The van der Waals surface area contributed by atoms with Gasteiger partial charge in [-0.2, -0.15) is 0 Å². The highest BCUT2D eigenvalue weighted by molar-refractivity contribution is 5.77. The number of hydrogen-bond donors (Lipinski definition) is 2. The Hall–Kier alpha value is -1.32. The SMILES string of the molecule is NCC(NCCC1CC1)c1cc2ccccc2o1. The summed E-state index contributed by atoms with van der Waals surface area (Å²) in [6.45, 7) is 1.61. The second kappa shape index (κ2) is 5.12. The van der Waals surface area contributed by atoms with E-state index in [1.54, 1.807) is 0 Å². The van der Waals surface area contributed by atoms with Crippen LogP contribution < -0.4 is 11.1 Å². The lowest BCUT2D eigenvalue weighted by molar-refractivity contribution is 0.428. The maximum Gasteiger partial charge on any atom is 0.134 e. The van der Waals surface area contributed by atoms with Gasteiger partial charge in [-0.05, 0) is 31.0 Å². The summed E-state index contributed by atoms with van der Waals surface area (Å²) in [5.74, 6) is 1.90. The standard InChI is InChI=1S/C15H20N2O/c16-10-13(17-8-7-11-5-6-11)15-9-12-3-1-2-4-14(12)18-15/h1-4,9,11,13,17H,5-8,10,16H2. The summed E-state index contributed by atoms with van der Waals surface area (Å²) in [6.07, 6.45) is 4.07. The Morgan fingerprint density at radius 1 is 1.33 bits per heavy atom. The van der Waals surface area contributed by atoms with Gasteiger partial charge in [-0.25, -0.2) is 0 Å². The number of nitrogens with one attached hydrogen (secondary N) is 1. The minimum Gasteiger partial charge on any atom is -0.459 e. The number of hydrogen-bond acceptors (Lipinski definition) is 3. The highest BCUT2D eigenvalue weighted by Crippen LogP contribution is 2.32. The Balaban J connectivity index is 1.68. The third-order valence-electron chi connectivity index (χ3n) is 3.66. The van der Waals surface area contributed by atoms with Crippen molar-refractivity contribution in [1.29, 1.82) is 0 Å². The summed E-state index contributed by atoms with van der Waals surface area (Å²) in [6, 6.07) is 10.3. The molecule has 1 aliphatic carbocycles. The largest absolute Gasteiger partial charge is 0.459 e. The second-order valence-electron chi connectivity index (χ2n) is 5.16. The molecule has 0 spiro atoms. The summed E-state index contributed by atoms with van der Waals surface area (Å²) in [5, 5.41) is 4.65. The van der Waals surface area contributed by atoms with Crippen LogP contribution in [0.15, 0.2) is 34.7 Å². The maximum absolute atomic E-state index is 5.85. The molecule has 1 fully saturated rings. The van der Waals surface area contributed by atoms with Crippen molar-refractivity contribution in [3.8, 4) is 0 Å². The smallest absolute Gasteiger partial charge is 0.134 e. The number of fused-ring (bicyclic) bond motifs is 1. The van der Waals surface area contributed by atoms with E-state index >= 15 is 0 Å². The van der Waals surface area contributed by atoms with Crippen LogP contribution in [0, 0.1) is 5.92 Å². The maximum atomic E-state index is 5.85. The first-order valence-corrected chi connectivity index (χ1v) is 6.79. The third kappa shape index (κ3) is 2.57. The molecule has 1 atom stereocenters. The Labute approximate surface area is 107 Å². The molecule has 0 aliphatic heterocycles. The molecule has 3 nitrogen and oxygen atoms in total. The van der Waals surface area contributed by atoms with Gasteiger partial charge in [0.1, 0.15) is 11.3 Å². The summed E-state index contributed by atoms with van der Waals surface area (Å²) in [5.41, 5.74) is 6.78. The second-order valence-corrected chi connectivity index (χ2v) is 5.16. The van der Waals surface area contributed by atoms with E-state index in [4.69, 9.17) is 10.2 Å². The van der Waals surface area contributed by atoms with Gasteiger partial charge in [0.05, 0.1) is 6.04 Å². The summed E-state index contributed by atoms with van der Waals surface area (Å²) in [4.78, 5) is 0. The molecule has 3 rings (SSSR count). The number of rotatable bonds is 6. The molecule has 1 heterocycles. The van der Waals surface area contributed by atoms with Crippen LogP contribution in [0.2, 0.25) is 0 Å². The molecule has 1 aromatic carbocycles. The third-order valence-corrected chi connectivity index (χ3v) is 3.66. The lowest BCUT2D eigenvalue weighted by Crippen LogP contribution is -2.28. The molecular formula is C15H20N2O. The van der Waals surface area contributed by atoms with E-state index in [9.17, 15) is 0 Å². The zero-order chi connectivity index (χ0) is 12.4. The Morgan fingerprint density at radius 2 is 2.17 bits per heavy atom. The molecule has 18 heavy (non-hydrogen) atoms. The van der Waals surface area contributed by atoms with E-state index < -0.39 is 0 Å². The highest BCUT2D eigenvalue weighted by atomic mass is 16.3. The van der Waals surface area contributed by atoms with Crippen molar-refractivity contribution in [2.45, 2.75) is 25.3 Å². The minimum atomic E-state index is 0.135. The minimum absolute atomic E-state index is 0.135. The molecule has 1 aliphatic rings. The van der Waals surface area contributed by atoms with Crippen LogP contribution in [0.3, 0.4) is 0 Å². The first-order chi connectivity index (χ1) is 8.86. The van der Waals surface area contributed by atoms with E-state index in [1.807, 2.05) is 18.2 Å². The first-order valence-electron chi connectivity index (χ1n) is 6.79. The molecule has 96 valence electrons. The number of para-hydroxylation sites is 1. The highest BCUT2D eigenvalue weighted by Gasteiger charge is 2.21. The van der Waals surface area contributed by atoms with Gasteiger partial charge < -0.3 is 15.5 Å². The molecular weight excluding hydrogens is 224 g/mol. The van der Waals surface area contributed by atoms with E-state index in [-0.39, 0.29) is 6.04 Å². The number of nitrogens with two attached hydrogens (primary N) is 1. The van der Waals surface area contributed by atoms with E-state index in [0.29, 0.717) is 6.54 Å². The first kappa shape index (κ1) is 11.8. The van der Waals surface area contributed by atoms with Crippen molar-refractivity contribution in [1.82, 2.24) is 5.32 Å². The molecule has 1 unspecified atom stereocenters. The van der Waals surface area contributed by atoms with Gasteiger partial charge >= 0.3 is 0 Å². The Kier molecular flexibility index (Phi) is 3.35. The Bertz CT molecular complexity index is 483. The van der Waals surface area contributed by atoms with Crippen LogP contribution in [-0.2, 0) is 0 Å². The van der Waals surface area contributed by atoms with Crippen LogP contribution in [0.25, 0.3) is 11.0 Å². The van der Waals surface area contributed by atoms with Crippen molar-refractivity contribution in [2.24, 2.45) is 11.7 Å². The van der Waals surface area contributed by atoms with Crippen molar-refractivity contribution in [3.05, 3.63) is 36.1 Å². The van der Waals surface area contributed by atoms with Crippen molar-refractivity contribution >= 4 is 11.0 Å². The van der Waals surface area contributed by atoms with Crippen LogP contribution in [0.5, 0.6) is 0 Å². The lowest BCUT2D eigenvalue weighted by atomic mass is 10.2. The molecule has 0 amide bonds. The van der Waals surface area contributed by atoms with Crippen molar-refractivity contribution in [3.63, 3.8) is 0 Å². The fraction of sp³-hybridized carbons (Fsp3) is 0.467. The molecule has 0 saturated heterocycles. The van der Waals surface area contributed by atoms with Crippen LogP contribution in [0.4, 0.5) is 0 Å². The zero-order valence-corrected chi connectivity index (χ0v) is 10.6. The van der Waals surface area contributed by atoms with Gasteiger partial charge in [-0.1, -0.05) is 31.0 Å². The zero-order valence-electron chi connectivity index (χ0n) is 10.6. The molecule has 0 bridgehead atoms. The average molecular weight is 244 g/mol. The molecule has 2 aromatic rings. The average Bonchev–Trinajstić information content (AvgIpc) is 3.11. The fourth-order valence-corrected chi connectivity index (χ4v) is 2.34. The van der Waals surface area contributed by atoms with E-state index in [2.05, 4.69) is 17.4 Å². The molecule has 3 heteroatoms.